The molecule has 0 aliphatic heterocycles. The zero-order valence-corrected chi connectivity index (χ0v) is 20.6. The molecule has 0 aliphatic carbocycles. The van der Waals surface area contributed by atoms with Crippen molar-refractivity contribution in [2.45, 2.75) is 20.1 Å². The minimum atomic E-state index is -0.402. The summed E-state index contributed by atoms with van der Waals surface area (Å²) in [4.78, 5) is 12.5. The molecule has 36 heavy (non-hydrogen) atoms. The number of rotatable bonds is 9. The molecule has 1 N–H and O–H groups in total. The maximum atomic E-state index is 13.9. The molecule has 0 spiro atoms. The van der Waals surface area contributed by atoms with Gasteiger partial charge in [-0.1, -0.05) is 53.6 Å². The Kier molecular flexibility index (Phi) is 8.02. The maximum Gasteiger partial charge on any atom is 0.249 e. The smallest absolute Gasteiger partial charge is 0.249 e. The van der Waals surface area contributed by atoms with Gasteiger partial charge in [-0.05, 0) is 48.9 Å². The molecular formula is C28H25ClFN3O3. The molecule has 184 valence electrons. The third-order valence-electron chi connectivity index (χ3n) is 5.40. The number of aromatic nitrogens is 2. The molecule has 3 aromatic carbocycles. The number of nitrogens with one attached hydrogen (secondary N) is 1. The van der Waals surface area contributed by atoms with E-state index in [1.807, 2.05) is 49.4 Å². The van der Waals surface area contributed by atoms with Gasteiger partial charge in [0.25, 0.3) is 0 Å². The fraction of sp³-hybridized carbons (Fsp3) is 0.143. The molecule has 1 aromatic heterocycles. The lowest BCUT2D eigenvalue weighted by Gasteiger charge is -2.11. The van der Waals surface area contributed by atoms with Gasteiger partial charge in [-0.2, -0.15) is 5.10 Å². The highest BCUT2D eigenvalue weighted by molar-refractivity contribution is 6.33. The lowest BCUT2D eigenvalue weighted by molar-refractivity contribution is -0.111. The number of benzene rings is 3. The molecule has 0 atom stereocenters. The van der Waals surface area contributed by atoms with Gasteiger partial charge >= 0.3 is 0 Å². The van der Waals surface area contributed by atoms with Crippen LogP contribution in [0, 0.1) is 12.7 Å². The quantitative estimate of drug-likeness (QED) is 0.272. The summed E-state index contributed by atoms with van der Waals surface area (Å²) >= 11 is 6.22. The maximum absolute atomic E-state index is 13.9. The lowest BCUT2D eigenvalue weighted by Crippen LogP contribution is -2.10. The molecule has 6 nitrogen and oxygen atoms in total. The van der Waals surface area contributed by atoms with E-state index in [-0.39, 0.29) is 23.2 Å². The SMILES string of the molecule is COc1ccc(/C=C/C(=O)Nc2nn(Cc3ccccc3F)cc2Cl)cc1COc1ccc(C)cc1. The molecule has 4 rings (SSSR count). The molecule has 8 heteroatoms. The summed E-state index contributed by atoms with van der Waals surface area (Å²) in [6.07, 6.45) is 4.60. The normalized spacial score (nSPS) is 11.0. The van der Waals surface area contributed by atoms with Crippen LogP contribution in [0.2, 0.25) is 5.02 Å². The molecule has 0 aliphatic rings. The molecule has 1 amide bonds. The Balaban J connectivity index is 1.40. The summed E-state index contributed by atoms with van der Waals surface area (Å²) in [6.45, 7) is 2.52. The van der Waals surface area contributed by atoms with Crippen LogP contribution in [-0.4, -0.2) is 22.8 Å². The predicted molar refractivity (Wildman–Crippen MR) is 139 cm³/mol. The van der Waals surface area contributed by atoms with Gasteiger partial charge in [0.2, 0.25) is 5.91 Å². The number of hydrogen-bond acceptors (Lipinski definition) is 4. The molecular weight excluding hydrogens is 481 g/mol. The minimum Gasteiger partial charge on any atom is -0.496 e. The first kappa shape index (κ1) is 25.0. The van der Waals surface area contributed by atoms with Gasteiger partial charge in [0.05, 0.1) is 13.7 Å². The zero-order chi connectivity index (χ0) is 25.5. The van der Waals surface area contributed by atoms with E-state index in [1.54, 1.807) is 31.4 Å². The first-order valence-corrected chi connectivity index (χ1v) is 11.6. The van der Waals surface area contributed by atoms with Crippen LogP contribution in [0.1, 0.15) is 22.3 Å². The number of halogens is 2. The summed E-state index contributed by atoms with van der Waals surface area (Å²) in [5, 5.41) is 7.17. The van der Waals surface area contributed by atoms with Crippen LogP contribution < -0.4 is 14.8 Å². The number of ether oxygens (including phenoxy) is 2. The Bertz CT molecular complexity index is 1380. The van der Waals surface area contributed by atoms with Crippen molar-refractivity contribution >= 4 is 29.4 Å². The number of nitrogens with zero attached hydrogens (tertiary/aromatic N) is 2. The van der Waals surface area contributed by atoms with E-state index in [0.717, 1.165) is 22.4 Å². The third kappa shape index (κ3) is 6.52. The summed E-state index contributed by atoms with van der Waals surface area (Å²) in [5.74, 6) is 0.914. The largest absolute Gasteiger partial charge is 0.496 e. The van der Waals surface area contributed by atoms with Crippen molar-refractivity contribution in [1.82, 2.24) is 9.78 Å². The van der Waals surface area contributed by atoms with E-state index < -0.39 is 5.91 Å². The Morgan fingerprint density at radius 2 is 1.89 bits per heavy atom. The summed E-state index contributed by atoms with van der Waals surface area (Å²) in [5.41, 5.74) is 3.26. The Hall–Kier alpha value is -4.10. The van der Waals surface area contributed by atoms with E-state index >= 15 is 0 Å². The zero-order valence-electron chi connectivity index (χ0n) is 19.9. The van der Waals surface area contributed by atoms with E-state index in [4.69, 9.17) is 21.1 Å². The number of carbonyl (C=O) groups excluding carboxylic acids is 1. The minimum absolute atomic E-state index is 0.192. The van der Waals surface area contributed by atoms with Crippen LogP contribution in [0.15, 0.2) is 79.0 Å². The fourth-order valence-corrected chi connectivity index (χ4v) is 3.70. The fourth-order valence-electron chi connectivity index (χ4n) is 3.50. The predicted octanol–water partition coefficient (Wildman–Crippen LogP) is 6.27. The van der Waals surface area contributed by atoms with Crippen molar-refractivity contribution in [3.8, 4) is 11.5 Å². The lowest BCUT2D eigenvalue weighted by atomic mass is 10.1. The van der Waals surface area contributed by atoms with Crippen LogP contribution in [0.5, 0.6) is 11.5 Å². The monoisotopic (exact) mass is 505 g/mol. The van der Waals surface area contributed by atoms with E-state index in [2.05, 4.69) is 10.4 Å². The topological polar surface area (TPSA) is 65.4 Å². The molecule has 0 bridgehead atoms. The van der Waals surface area contributed by atoms with Gasteiger partial charge < -0.3 is 14.8 Å². The van der Waals surface area contributed by atoms with Crippen molar-refractivity contribution in [2.75, 3.05) is 12.4 Å². The second-order valence-electron chi connectivity index (χ2n) is 8.11. The van der Waals surface area contributed by atoms with Crippen LogP contribution >= 0.6 is 11.6 Å². The van der Waals surface area contributed by atoms with Crippen molar-refractivity contribution < 1.29 is 18.7 Å². The van der Waals surface area contributed by atoms with E-state index in [1.165, 1.54) is 23.0 Å². The molecule has 0 saturated carbocycles. The average molecular weight is 506 g/mol. The number of aryl methyl sites for hydroxylation is 1. The standard InChI is InChI=1S/C28H25ClFN3O3/c1-19-7-11-23(12-8-19)36-18-22-15-20(9-13-26(22)35-2)10-14-27(34)31-28-24(29)17-33(32-28)16-21-5-3-4-6-25(21)30/h3-15,17H,16,18H2,1-2H3,(H,31,32,34)/b14-10+. The Morgan fingerprint density at radius 3 is 2.64 bits per heavy atom. The van der Waals surface area contributed by atoms with Crippen molar-refractivity contribution in [3.05, 3.63) is 112 Å². The van der Waals surface area contributed by atoms with Crippen molar-refractivity contribution in [1.29, 1.82) is 0 Å². The number of hydrogen-bond donors (Lipinski definition) is 1. The molecule has 4 aromatic rings. The second kappa shape index (κ2) is 11.6. The van der Waals surface area contributed by atoms with Gasteiger partial charge in [0.15, 0.2) is 5.82 Å². The number of amides is 1. The summed E-state index contributed by atoms with van der Waals surface area (Å²) in [6, 6.07) is 19.8. The molecule has 0 radical (unpaired) electrons. The summed E-state index contributed by atoms with van der Waals surface area (Å²) < 4.78 is 26.7. The van der Waals surface area contributed by atoms with Gasteiger partial charge in [0, 0.05) is 23.4 Å². The van der Waals surface area contributed by atoms with E-state index in [0.29, 0.717) is 17.9 Å². The van der Waals surface area contributed by atoms with Crippen molar-refractivity contribution in [2.24, 2.45) is 0 Å². The molecule has 1 heterocycles. The second-order valence-corrected chi connectivity index (χ2v) is 8.52. The van der Waals surface area contributed by atoms with Crippen LogP contribution in [0.4, 0.5) is 10.2 Å². The highest BCUT2D eigenvalue weighted by Crippen LogP contribution is 2.24. The molecule has 0 fully saturated rings. The average Bonchev–Trinajstić information content (AvgIpc) is 3.22. The van der Waals surface area contributed by atoms with Crippen LogP contribution in [0.3, 0.4) is 0 Å². The van der Waals surface area contributed by atoms with Crippen LogP contribution in [-0.2, 0) is 17.9 Å². The van der Waals surface area contributed by atoms with Gasteiger partial charge in [-0.3, -0.25) is 9.48 Å². The van der Waals surface area contributed by atoms with Gasteiger partial charge in [0.1, 0.15) is 28.9 Å². The highest BCUT2D eigenvalue weighted by atomic mass is 35.5. The number of anilines is 1. The first-order chi connectivity index (χ1) is 17.4. The Labute approximate surface area is 213 Å². The number of carbonyl (C=O) groups is 1. The number of methoxy groups -OCH3 is 1. The van der Waals surface area contributed by atoms with Gasteiger partial charge in [-0.15, -0.1) is 0 Å². The van der Waals surface area contributed by atoms with Crippen molar-refractivity contribution in [3.63, 3.8) is 0 Å². The molecule has 0 saturated heterocycles. The molecule has 0 unspecified atom stereocenters. The first-order valence-electron chi connectivity index (χ1n) is 11.2. The van der Waals surface area contributed by atoms with Gasteiger partial charge in [-0.25, -0.2) is 4.39 Å². The van der Waals surface area contributed by atoms with E-state index in [9.17, 15) is 9.18 Å². The third-order valence-corrected chi connectivity index (χ3v) is 5.67. The van der Waals surface area contributed by atoms with Crippen LogP contribution in [0.25, 0.3) is 6.08 Å². The highest BCUT2D eigenvalue weighted by Gasteiger charge is 2.11. The summed E-state index contributed by atoms with van der Waals surface area (Å²) in [7, 11) is 1.60. The Morgan fingerprint density at radius 1 is 1.11 bits per heavy atom.